The summed E-state index contributed by atoms with van der Waals surface area (Å²) in [5.41, 5.74) is 1.26. The number of carbonyl (C=O) groups excluding carboxylic acids is 1. The normalized spacial score (nSPS) is 35.0. The maximum absolute atomic E-state index is 11.6. The maximum Gasteiger partial charge on any atom is 0.200 e. The Kier molecular flexibility index (Phi) is 1.71. The highest BCUT2D eigenvalue weighted by Gasteiger charge is 2.38. The van der Waals surface area contributed by atoms with Crippen molar-refractivity contribution in [2.75, 3.05) is 6.61 Å². The van der Waals surface area contributed by atoms with Crippen LogP contribution in [0.3, 0.4) is 0 Å². The third kappa shape index (κ3) is 0.904. The second-order valence-corrected chi connectivity index (χ2v) is 3.75. The van der Waals surface area contributed by atoms with Gasteiger partial charge in [-0.25, -0.2) is 0 Å². The van der Waals surface area contributed by atoms with Gasteiger partial charge in [-0.1, -0.05) is 13.8 Å². The fourth-order valence-corrected chi connectivity index (χ4v) is 2.04. The molecule has 0 unspecified atom stereocenters. The van der Waals surface area contributed by atoms with Gasteiger partial charge >= 0.3 is 0 Å². The first-order valence-electron chi connectivity index (χ1n) is 4.62. The molecule has 0 spiro atoms. The van der Waals surface area contributed by atoms with Gasteiger partial charge in [0, 0.05) is 5.92 Å². The molecule has 2 rings (SSSR count). The first kappa shape index (κ1) is 7.84. The summed E-state index contributed by atoms with van der Waals surface area (Å²) in [5.74, 6) is 1.47. The molecule has 2 atom stereocenters. The number of allylic oxidation sites excluding steroid dienone is 2. The Morgan fingerprint density at radius 3 is 2.75 bits per heavy atom. The molecule has 2 heteroatoms. The molecule has 1 aliphatic heterocycles. The summed E-state index contributed by atoms with van der Waals surface area (Å²) in [6.45, 7) is 4.85. The van der Waals surface area contributed by atoms with Gasteiger partial charge in [-0.05, 0) is 24.3 Å². The standard InChI is InChI=1S/C10H14O2/c1-6-7(2)9(11)10-8(6)4-3-5-12-10/h6-7H,3-5H2,1-2H3/t6-,7-/m0/s1. The fourth-order valence-electron chi connectivity index (χ4n) is 2.04. The summed E-state index contributed by atoms with van der Waals surface area (Å²) >= 11 is 0. The predicted molar refractivity (Wildman–Crippen MR) is 45.5 cm³/mol. The van der Waals surface area contributed by atoms with Gasteiger partial charge in [0.05, 0.1) is 6.61 Å². The van der Waals surface area contributed by atoms with Crippen LogP contribution in [-0.2, 0) is 9.53 Å². The lowest BCUT2D eigenvalue weighted by Gasteiger charge is -2.16. The number of ketones is 1. The molecule has 0 saturated carbocycles. The Bertz CT molecular complexity index is 253. The monoisotopic (exact) mass is 166 g/mol. The molecule has 2 aliphatic rings. The predicted octanol–water partition coefficient (Wildman–Crippen LogP) is 1.91. The van der Waals surface area contributed by atoms with E-state index < -0.39 is 0 Å². The van der Waals surface area contributed by atoms with Gasteiger partial charge in [-0.2, -0.15) is 0 Å². The molecule has 12 heavy (non-hydrogen) atoms. The number of ether oxygens (including phenoxy) is 1. The highest BCUT2D eigenvalue weighted by Crippen LogP contribution is 2.39. The van der Waals surface area contributed by atoms with Crippen LogP contribution in [0.25, 0.3) is 0 Å². The maximum atomic E-state index is 11.6. The molecule has 0 N–H and O–H groups in total. The van der Waals surface area contributed by atoms with Crippen molar-refractivity contribution < 1.29 is 9.53 Å². The summed E-state index contributed by atoms with van der Waals surface area (Å²) in [4.78, 5) is 11.6. The van der Waals surface area contributed by atoms with Crippen molar-refractivity contribution in [1.29, 1.82) is 0 Å². The minimum absolute atomic E-state index is 0.146. The summed E-state index contributed by atoms with van der Waals surface area (Å²) in [5, 5.41) is 0. The lowest BCUT2D eigenvalue weighted by atomic mass is 9.92. The highest BCUT2D eigenvalue weighted by molar-refractivity contribution is 5.99. The van der Waals surface area contributed by atoms with Crippen LogP contribution in [0.4, 0.5) is 0 Å². The third-order valence-electron chi connectivity index (χ3n) is 3.07. The van der Waals surface area contributed by atoms with E-state index in [9.17, 15) is 4.79 Å². The van der Waals surface area contributed by atoms with Crippen LogP contribution in [0.15, 0.2) is 11.3 Å². The Labute approximate surface area is 72.6 Å². The molecule has 0 amide bonds. The van der Waals surface area contributed by atoms with Crippen LogP contribution in [0.5, 0.6) is 0 Å². The van der Waals surface area contributed by atoms with Crippen molar-refractivity contribution in [3.8, 4) is 0 Å². The van der Waals surface area contributed by atoms with E-state index in [1.807, 2.05) is 6.92 Å². The molecule has 0 aromatic rings. The minimum atomic E-state index is 0.146. The SMILES string of the molecule is C[C@@H]1C(=O)C2=C(CCCO2)[C@H]1C. The largest absolute Gasteiger partial charge is 0.490 e. The van der Waals surface area contributed by atoms with Crippen molar-refractivity contribution in [2.45, 2.75) is 26.7 Å². The molecule has 2 nitrogen and oxygen atoms in total. The fraction of sp³-hybridized carbons (Fsp3) is 0.700. The van der Waals surface area contributed by atoms with Crippen molar-refractivity contribution in [2.24, 2.45) is 11.8 Å². The quantitative estimate of drug-likeness (QED) is 0.549. The number of rotatable bonds is 0. The number of hydrogen-bond donors (Lipinski definition) is 0. The van der Waals surface area contributed by atoms with E-state index in [0.717, 1.165) is 19.4 Å². The molecule has 66 valence electrons. The Balaban J connectivity index is 2.35. The lowest BCUT2D eigenvalue weighted by Crippen LogP contribution is -2.12. The van der Waals surface area contributed by atoms with Crippen LogP contribution >= 0.6 is 0 Å². The zero-order chi connectivity index (χ0) is 8.72. The first-order valence-corrected chi connectivity index (χ1v) is 4.62. The molecule has 0 aromatic carbocycles. The zero-order valence-electron chi connectivity index (χ0n) is 7.59. The third-order valence-corrected chi connectivity index (χ3v) is 3.07. The van der Waals surface area contributed by atoms with Crippen LogP contribution in [0.2, 0.25) is 0 Å². The van der Waals surface area contributed by atoms with E-state index in [0.29, 0.717) is 11.7 Å². The summed E-state index contributed by atoms with van der Waals surface area (Å²) < 4.78 is 5.39. The average molecular weight is 166 g/mol. The van der Waals surface area contributed by atoms with Crippen molar-refractivity contribution in [3.63, 3.8) is 0 Å². The minimum Gasteiger partial charge on any atom is -0.490 e. The highest BCUT2D eigenvalue weighted by atomic mass is 16.5. The van der Waals surface area contributed by atoms with E-state index in [4.69, 9.17) is 4.74 Å². The van der Waals surface area contributed by atoms with Crippen LogP contribution in [0.1, 0.15) is 26.7 Å². The molecule has 0 bridgehead atoms. The Hall–Kier alpha value is -0.790. The van der Waals surface area contributed by atoms with Gasteiger partial charge in [-0.15, -0.1) is 0 Å². The summed E-state index contributed by atoms with van der Waals surface area (Å²) in [6, 6.07) is 0. The number of carbonyl (C=O) groups is 1. The topological polar surface area (TPSA) is 26.3 Å². The lowest BCUT2D eigenvalue weighted by molar-refractivity contribution is -0.121. The van der Waals surface area contributed by atoms with E-state index in [-0.39, 0.29) is 11.7 Å². The van der Waals surface area contributed by atoms with Gasteiger partial charge < -0.3 is 4.74 Å². The molecule has 1 heterocycles. The number of hydrogen-bond acceptors (Lipinski definition) is 2. The average Bonchev–Trinajstić information content (AvgIpc) is 2.33. The molecular weight excluding hydrogens is 152 g/mol. The van der Waals surface area contributed by atoms with Crippen molar-refractivity contribution >= 4 is 5.78 Å². The van der Waals surface area contributed by atoms with E-state index in [1.54, 1.807) is 0 Å². The van der Waals surface area contributed by atoms with E-state index in [2.05, 4.69) is 6.92 Å². The van der Waals surface area contributed by atoms with Gasteiger partial charge in [0.25, 0.3) is 0 Å². The molecule has 0 aromatic heterocycles. The molecular formula is C10H14O2. The van der Waals surface area contributed by atoms with Crippen LogP contribution < -0.4 is 0 Å². The molecule has 0 radical (unpaired) electrons. The van der Waals surface area contributed by atoms with Gasteiger partial charge in [0.15, 0.2) is 5.76 Å². The zero-order valence-corrected chi connectivity index (χ0v) is 7.59. The smallest absolute Gasteiger partial charge is 0.200 e. The second-order valence-electron chi connectivity index (χ2n) is 3.75. The molecule has 0 saturated heterocycles. The van der Waals surface area contributed by atoms with E-state index in [1.165, 1.54) is 5.57 Å². The van der Waals surface area contributed by atoms with Crippen molar-refractivity contribution in [3.05, 3.63) is 11.3 Å². The van der Waals surface area contributed by atoms with Gasteiger partial charge in [-0.3, -0.25) is 4.79 Å². The molecule has 1 aliphatic carbocycles. The van der Waals surface area contributed by atoms with Crippen molar-refractivity contribution in [1.82, 2.24) is 0 Å². The number of Topliss-reactive ketones (excluding diaryl/α,β-unsaturated/α-hetero) is 1. The Morgan fingerprint density at radius 2 is 2.08 bits per heavy atom. The Morgan fingerprint density at radius 1 is 1.33 bits per heavy atom. The van der Waals surface area contributed by atoms with Gasteiger partial charge in [0.1, 0.15) is 0 Å². The molecule has 0 fully saturated rings. The summed E-state index contributed by atoms with van der Waals surface area (Å²) in [6.07, 6.45) is 2.13. The summed E-state index contributed by atoms with van der Waals surface area (Å²) in [7, 11) is 0. The van der Waals surface area contributed by atoms with Crippen LogP contribution in [-0.4, -0.2) is 12.4 Å². The second kappa shape index (κ2) is 2.61. The van der Waals surface area contributed by atoms with Crippen LogP contribution in [0, 0.1) is 11.8 Å². The van der Waals surface area contributed by atoms with Gasteiger partial charge in [0.2, 0.25) is 5.78 Å². The first-order chi connectivity index (χ1) is 5.72. The van der Waals surface area contributed by atoms with E-state index >= 15 is 0 Å².